The smallest absolute Gasteiger partial charge is 0.0966 e. The molecule has 3 rings (SSSR count). The number of hydrogen-bond acceptors (Lipinski definition) is 3. The van der Waals surface area contributed by atoms with Gasteiger partial charge in [-0.3, -0.25) is 9.88 Å². The number of nitrogens with zero attached hydrogens (tertiary/aromatic N) is 2. The van der Waals surface area contributed by atoms with Crippen LogP contribution in [-0.4, -0.2) is 34.1 Å². The van der Waals surface area contributed by atoms with Crippen molar-refractivity contribution in [2.45, 2.75) is 45.8 Å². The summed E-state index contributed by atoms with van der Waals surface area (Å²) < 4.78 is 0. The molecule has 2 atom stereocenters. The van der Waals surface area contributed by atoms with Gasteiger partial charge in [-0.25, -0.2) is 0 Å². The predicted molar refractivity (Wildman–Crippen MR) is 101 cm³/mol. The summed E-state index contributed by atoms with van der Waals surface area (Å²) in [4.78, 5) is 6.99. The Labute approximate surface area is 150 Å². The number of fused-ring (bicyclic) bond motifs is 1. The number of halogens is 2. The number of aliphatic hydroxyl groups excluding tert-OH is 1. The molecule has 23 heavy (non-hydrogen) atoms. The molecule has 1 fully saturated rings. The number of aliphatic hydroxyl groups is 1. The fourth-order valence-corrected chi connectivity index (χ4v) is 3.53. The first-order valence-corrected chi connectivity index (χ1v) is 7.90. The van der Waals surface area contributed by atoms with E-state index in [1.165, 1.54) is 17.5 Å². The van der Waals surface area contributed by atoms with Crippen LogP contribution in [0.4, 0.5) is 0 Å². The zero-order valence-corrected chi connectivity index (χ0v) is 15.6. The molecule has 3 nitrogen and oxygen atoms in total. The number of hydrogen-bond donors (Lipinski definition) is 1. The van der Waals surface area contributed by atoms with Gasteiger partial charge in [-0.15, -0.1) is 24.8 Å². The van der Waals surface area contributed by atoms with Gasteiger partial charge in [0.1, 0.15) is 0 Å². The standard InChI is InChI=1S/C18H24N2O.2ClH/c1-4-20-10-6-9-16(20)18(21)15-8-5-7-14-13(3)12(2)11-19-17(14)15;;/h5,7-8,11,16,18,21H,4,6,9-10H2,1-3H3;2*1H. The number of pyridine rings is 1. The van der Waals surface area contributed by atoms with Crippen molar-refractivity contribution in [2.24, 2.45) is 0 Å². The van der Waals surface area contributed by atoms with Crippen LogP contribution in [0.25, 0.3) is 10.9 Å². The molecular weight excluding hydrogens is 331 g/mol. The van der Waals surface area contributed by atoms with E-state index in [-0.39, 0.29) is 30.9 Å². The zero-order valence-electron chi connectivity index (χ0n) is 14.0. The summed E-state index contributed by atoms with van der Waals surface area (Å²) in [6.07, 6.45) is 3.70. The van der Waals surface area contributed by atoms with Crippen LogP contribution in [0.2, 0.25) is 0 Å². The first kappa shape index (κ1) is 20.2. The molecule has 5 heteroatoms. The maximum Gasteiger partial charge on any atom is 0.0966 e. The van der Waals surface area contributed by atoms with Crippen molar-refractivity contribution in [3.8, 4) is 0 Å². The lowest BCUT2D eigenvalue weighted by Gasteiger charge is -2.28. The van der Waals surface area contributed by atoms with Gasteiger partial charge in [0, 0.05) is 23.2 Å². The summed E-state index contributed by atoms with van der Waals surface area (Å²) in [5.41, 5.74) is 4.38. The van der Waals surface area contributed by atoms with Crippen molar-refractivity contribution in [2.75, 3.05) is 13.1 Å². The molecule has 2 unspecified atom stereocenters. The van der Waals surface area contributed by atoms with Crippen molar-refractivity contribution in [3.63, 3.8) is 0 Å². The van der Waals surface area contributed by atoms with Crippen LogP contribution in [-0.2, 0) is 0 Å². The van der Waals surface area contributed by atoms with Gasteiger partial charge in [0.2, 0.25) is 0 Å². The second kappa shape index (κ2) is 8.29. The van der Waals surface area contributed by atoms with E-state index in [0.717, 1.165) is 36.0 Å². The molecule has 1 saturated heterocycles. The van der Waals surface area contributed by atoms with E-state index in [1.807, 2.05) is 18.3 Å². The van der Waals surface area contributed by atoms with Gasteiger partial charge in [-0.1, -0.05) is 25.1 Å². The minimum atomic E-state index is -0.453. The van der Waals surface area contributed by atoms with Crippen molar-refractivity contribution < 1.29 is 5.11 Å². The number of aryl methyl sites for hydroxylation is 2. The molecular formula is C18H26Cl2N2O. The maximum absolute atomic E-state index is 10.9. The number of para-hydroxylation sites is 1. The molecule has 0 aliphatic carbocycles. The highest BCUT2D eigenvalue weighted by Crippen LogP contribution is 2.33. The maximum atomic E-state index is 10.9. The third kappa shape index (κ3) is 3.63. The quantitative estimate of drug-likeness (QED) is 0.894. The summed E-state index contributed by atoms with van der Waals surface area (Å²) in [6, 6.07) is 6.40. The lowest BCUT2D eigenvalue weighted by Crippen LogP contribution is -2.34. The zero-order chi connectivity index (χ0) is 15.0. The molecule has 0 spiro atoms. The summed E-state index contributed by atoms with van der Waals surface area (Å²) in [5.74, 6) is 0. The molecule has 128 valence electrons. The molecule has 1 aliphatic heterocycles. The SMILES string of the molecule is CCN1CCCC1C(O)c1cccc2c(C)c(C)cnc12.Cl.Cl. The predicted octanol–water partition coefficient (Wildman–Crippen LogP) is 4.21. The lowest BCUT2D eigenvalue weighted by molar-refractivity contribution is 0.0764. The Bertz CT molecular complexity index is 663. The third-order valence-electron chi connectivity index (χ3n) is 4.95. The van der Waals surface area contributed by atoms with Crippen molar-refractivity contribution >= 4 is 35.7 Å². The van der Waals surface area contributed by atoms with Crippen LogP contribution < -0.4 is 0 Å². The van der Waals surface area contributed by atoms with Crippen molar-refractivity contribution in [1.29, 1.82) is 0 Å². The normalized spacial score (nSPS) is 19.2. The Kier molecular flexibility index (Phi) is 7.28. The topological polar surface area (TPSA) is 36.4 Å². The van der Waals surface area contributed by atoms with E-state index in [4.69, 9.17) is 0 Å². The molecule has 0 bridgehead atoms. The second-order valence-corrected chi connectivity index (χ2v) is 6.09. The number of rotatable bonds is 3. The fraction of sp³-hybridized carbons (Fsp3) is 0.500. The first-order valence-electron chi connectivity index (χ1n) is 7.90. The van der Waals surface area contributed by atoms with Gasteiger partial charge in [-0.05, 0) is 50.9 Å². The Morgan fingerprint density at radius 3 is 2.74 bits per heavy atom. The minimum Gasteiger partial charge on any atom is -0.387 e. The van der Waals surface area contributed by atoms with Gasteiger partial charge in [0.25, 0.3) is 0 Å². The van der Waals surface area contributed by atoms with Crippen LogP contribution in [0.1, 0.15) is 42.6 Å². The molecule has 1 aromatic heterocycles. The van der Waals surface area contributed by atoms with Gasteiger partial charge < -0.3 is 5.11 Å². The van der Waals surface area contributed by atoms with Gasteiger partial charge in [-0.2, -0.15) is 0 Å². The van der Waals surface area contributed by atoms with Crippen LogP contribution in [0.3, 0.4) is 0 Å². The lowest BCUT2D eigenvalue weighted by atomic mass is 9.95. The van der Waals surface area contributed by atoms with Crippen LogP contribution >= 0.6 is 24.8 Å². The highest BCUT2D eigenvalue weighted by atomic mass is 35.5. The summed E-state index contributed by atoms with van der Waals surface area (Å²) in [6.45, 7) is 8.47. The van der Waals surface area contributed by atoms with Gasteiger partial charge in [0.05, 0.1) is 11.6 Å². The molecule has 1 aromatic carbocycles. The Hall–Kier alpha value is -0.870. The molecule has 0 saturated carbocycles. The monoisotopic (exact) mass is 356 g/mol. The molecule has 2 aromatic rings. The van der Waals surface area contributed by atoms with Gasteiger partial charge >= 0.3 is 0 Å². The molecule has 1 aliphatic rings. The Balaban J connectivity index is 0.00000132. The van der Waals surface area contributed by atoms with E-state index in [1.54, 1.807) is 0 Å². The summed E-state index contributed by atoms with van der Waals surface area (Å²) in [5, 5.41) is 12.1. The van der Waals surface area contributed by atoms with E-state index in [0.29, 0.717) is 0 Å². The Morgan fingerprint density at radius 2 is 2.04 bits per heavy atom. The average molecular weight is 357 g/mol. The average Bonchev–Trinajstić information content (AvgIpc) is 2.98. The van der Waals surface area contributed by atoms with Crippen LogP contribution in [0, 0.1) is 13.8 Å². The summed E-state index contributed by atoms with van der Waals surface area (Å²) >= 11 is 0. The number of benzene rings is 1. The fourth-order valence-electron chi connectivity index (χ4n) is 3.53. The van der Waals surface area contributed by atoms with Crippen LogP contribution in [0.15, 0.2) is 24.4 Å². The number of likely N-dealkylation sites (tertiary alicyclic amines) is 1. The minimum absolute atomic E-state index is 0. The number of aromatic nitrogens is 1. The largest absolute Gasteiger partial charge is 0.387 e. The van der Waals surface area contributed by atoms with Crippen molar-refractivity contribution in [3.05, 3.63) is 41.1 Å². The molecule has 0 amide bonds. The Morgan fingerprint density at radius 1 is 1.30 bits per heavy atom. The first-order chi connectivity index (χ1) is 10.1. The van der Waals surface area contributed by atoms with Crippen LogP contribution in [0.5, 0.6) is 0 Å². The molecule has 1 N–H and O–H groups in total. The second-order valence-electron chi connectivity index (χ2n) is 6.09. The number of likely N-dealkylation sites (N-methyl/N-ethyl adjacent to an activating group) is 1. The van der Waals surface area contributed by atoms with Gasteiger partial charge in [0.15, 0.2) is 0 Å². The van der Waals surface area contributed by atoms with E-state index in [2.05, 4.69) is 36.7 Å². The molecule has 2 heterocycles. The highest BCUT2D eigenvalue weighted by Gasteiger charge is 2.31. The summed E-state index contributed by atoms with van der Waals surface area (Å²) in [7, 11) is 0. The van der Waals surface area contributed by atoms with E-state index >= 15 is 0 Å². The highest BCUT2D eigenvalue weighted by molar-refractivity contribution is 5.86. The molecule has 0 radical (unpaired) electrons. The van der Waals surface area contributed by atoms with Crippen molar-refractivity contribution in [1.82, 2.24) is 9.88 Å². The van der Waals surface area contributed by atoms with E-state index < -0.39 is 6.10 Å². The third-order valence-corrected chi connectivity index (χ3v) is 4.95. The van der Waals surface area contributed by atoms with E-state index in [9.17, 15) is 5.11 Å².